The van der Waals surface area contributed by atoms with Gasteiger partial charge in [-0.05, 0) is 0 Å². The fraction of sp³-hybridized carbons (Fsp3) is 0.222. The topological polar surface area (TPSA) is 56.9 Å². The van der Waals surface area contributed by atoms with E-state index in [1.54, 1.807) is 12.6 Å². The van der Waals surface area contributed by atoms with Crippen LogP contribution in [0.25, 0.3) is 0 Å². The van der Waals surface area contributed by atoms with Gasteiger partial charge in [-0.3, -0.25) is 9.36 Å². The van der Waals surface area contributed by atoms with E-state index in [0.717, 1.165) is 10.3 Å². The molecule has 0 fully saturated rings. The number of aromatic nitrogens is 3. The van der Waals surface area contributed by atoms with Crippen molar-refractivity contribution in [1.82, 2.24) is 14.1 Å². The van der Waals surface area contributed by atoms with Crippen molar-refractivity contribution in [2.75, 3.05) is 0 Å². The first-order valence-corrected chi connectivity index (χ1v) is 5.26. The number of hydrogen-bond donors (Lipinski definition) is 0. The largest absolute Gasteiger partial charge is 0.331 e. The Labute approximate surface area is 89.3 Å². The summed E-state index contributed by atoms with van der Waals surface area (Å²) in [5.74, 6) is 0. The van der Waals surface area contributed by atoms with Crippen LogP contribution in [-0.4, -0.2) is 14.1 Å². The third-order valence-electron chi connectivity index (χ3n) is 2.04. The Morgan fingerprint density at radius 2 is 2.27 bits per heavy atom. The van der Waals surface area contributed by atoms with Crippen molar-refractivity contribution in [3.05, 3.63) is 49.7 Å². The van der Waals surface area contributed by atoms with Gasteiger partial charge in [0.15, 0.2) is 0 Å². The first kappa shape index (κ1) is 9.85. The molecule has 15 heavy (non-hydrogen) atoms. The normalized spacial score (nSPS) is 10.5. The fourth-order valence-electron chi connectivity index (χ4n) is 1.24. The van der Waals surface area contributed by atoms with Gasteiger partial charge >= 0.3 is 5.69 Å². The smallest absolute Gasteiger partial charge is 0.303 e. The van der Waals surface area contributed by atoms with Crippen molar-refractivity contribution in [2.24, 2.45) is 7.05 Å². The maximum Gasteiger partial charge on any atom is 0.331 e. The van der Waals surface area contributed by atoms with E-state index in [1.807, 2.05) is 5.38 Å². The molecule has 5 nitrogen and oxygen atoms in total. The molecular weight excluding hydrogens is 214 g/mol. The van der Waals surface area contributed by atoms with Crippen molar-refractivity contribution >= 4 is 11.3 Å². The minimum absolute atomic E-state index is 0.232. The minimum Gasteiger partial charge on any atom is -0.303 e. The van der Waals surface area contributed by atoms with Crippen molar-refractivity contribution in [3.8, 4) is 0 Å². The average molecular weight is 223 g/mol. The summed E-state index contributed by atoms with van der Waals surface area (Å²) >= 11 is 1.44. The Hall–Kier alpha value is -1.69. The van der Waals surface area contributed by atoms with Crippen LogP contribution in [0.15, 0.2) is 32.7 Å². The minimum atomic E-state index is -0.324. The number of rotatable bonds is 2. The van der Waals surface area contributed by atoms with Gasteiger partial charge < -0.3 is 4.57 Å². The predicted octanol–water partition coefficient (Wildman–Crippen LogP) is 0.0518. The molecular formula is C9H9N3O2S. The second-order valence-electron chi connectivity index (χ2n) is 3.11. The summed E-state index contributed by atoms with van der Waals surface area (Å²) in [6.07, 6.45) is 1.46. The lowest BCUT2D eigenvalue weighted by atomic mass is 10.4. The summed E-state index contributed by atoms with van der Waals surface area (Å²) in [6.45, 7) is 0.232. The third-order valence-corrected chi connectivity index (χ3v) is 2.68. The van der Waals surface area contributed by atoms with E-state index in [-0.39, 0.29) is 17.8 Å². The van der Waals surface area contributed by atoms with E-state index in [9.17, 15) is 9.59 Å². The second-order valence-corrected chi connectivity index (χ2v) is 3.83. The van der Waals surface area contributed by atoms with Crippen molar-refractivity contribution in [2.45, 2.75) is 6.54 Å². The van der Waals surface area contributed by atoms with Crippen LogP contribution in [0.2, 0.25) is 0 Å². The molecule has 0 aliphatic heterocycles. The highest BCUT2D eigenvalue weighted by atomic mass is 32.1. The lowest BCUT2D eigenvalue weighted by Gasteiger charge is -2.03. The first-order valence-electron chi connectivity index (χ1n) is 4.32. The Balaban J connectivity index is 2.49. The maximum atomic E-state index is 11.6. The van der Waals surface area contributed by atoms with Crippen LogP contribution in [0.1, 0.15) is 5.69 Å². The summed E-state index contributed by atoms with van der Waals surface area (Å²) < 4.78 is 2.53. The molecule has 0 aromatic carbocycles. The third kappa shape index (κ3) is 1.89. The first-order chi connectivity index (χ1) is 7.18. The molecule has 0 aliphatic carbocycles. The molecule has 0 N–H and O–H groups in total. The Bertz CT molecular complexity index is 568. The van der Waals surface area contributed by atoms with Gasteiger partial charge in [0, 0.05) is 24.7 Å². The zero-order valence-corrected chi connectivity index (χ0v) is 8.90. The van der Waals surface area contributed by atoms with Gasteiger partial charge in [0.05, 0.1) is 17.7 Å². The molecule has 2 rings (SSSR count). The molecule has 2 aromatic rings. The highest BCUT2D eigenvalue weighted by Crippen LogP contribution is 2.00. The molecule has 0 saturated carbocycles. The molecule has 0 unspecified atom stereocenters. The number of thiazole rings is 1. The summed E-state index contributed by atoms with van der Waals surface area (Å²) in [6, 6.07) is 1.37. The molecule has 0 spiro atoms. The summed E-state index contributed by atoms with van der Waals surface area (Å²) in [5.41, 5.74) is 1.78. The second kappa shape index (κ2) is 3.82. The molecule has 2 heterocycles. The van der Waals surface area contributed by atoms with Gasteiger partial charge in [0.1, 0.15) is 0 Å². The zero-order chi connectivity index (χ0) is 10.8. The van der Waals surface area contributed by atoms with Crippen LogP contribution < -0.4 is 11.2 Å². The van der Waals surface area contributed by atoms with E-state index < -0.39 is 0 Å². The van der Waals surface area contributed by atoms with Crippen LogP contribution in [0.3, 0.4) is 0 Å². The molecule has 0 saturated heterocycles. The molecule has 0 bridgehead atoms. The van der Waals surface area contributed by atoms with Crippen LogP contribution >= 0.6 is 11.3 Å². The van der Waals surface area contributed by atoms with Gasteiger partial charge in [0.25, 0.3) is 5.56 Å². The van der Waals surface area contributed by atoms with Gasteiger partial charge in [-0.15, -0.1) is 11.3 Å². The average Bonchev–Trinajstić information content (AvgIpc) is 2.71. The Morgan fingerprint density at radius 3 is 2.93 bits per heavy atom. The van der Waals surface area contributed by atoms with E-state index in [4.69, 9.17) is 0 Å². The van der Waals surface area contributed by atoms with Crippen molar-refractivity contribution < 1.29 is 0 Å². The lowest BCUT2D eigenvalue weighted by Crippen LogP contribution is -2.38. The summed E-state index contributed by atoms with van der Waals surface area (Å²) in [4.78, 5) is 27.1. The van der Waals surface area contributed by atoms with Crippen LogP contribution in [0, 0.1) is 0 Å². The Kier molecular flexibility index (Phi) is 2.51. The van der Waals surface area contributed by atoms with Crippen LogP contribution in [0.4, 0.5) is 0 Å². The molecule has 0 atom stereocenters. The molecule has 0 amide bonds. The fourth-order valence-corrected chi connectivity index (χ4v) is 1.79. The lowest BCUT2D eigenvalue weighted by molar-refractivity contribution is 0.633. The van der Waals surface area contributed by atoms with E-state index >= 15 is 0 Å². The molecule has 0 radical (unpaired) electrons. The van der Waals surface area contributed by atoms with Crippen LogP contribution in [0.5, 0.6) is 0 Å². The number of nitrogens with zero attached hydrogens (tertiary/aromatic N) is 3. The van der Waals surface area contributed by atoms with E-state index in [0.29, 0.717) is 0 Å². The SMILES string of the molecule is Cn1ccc(=O)n(Cc2cscn2)c1=O. The standard InChI is InChI=1S/C9H9N3O2S/c1-11-3-2-8(13)12(9(11)14)4-7-5-15-6-10-7/h2-3,5-6H,4H2,1H3. The maximum absolute atomic E-state index is 11.6. The number of aryl methyl sites for hydroxylation is 1. The predicted molar refractivity (Wildman–Crippen MR) is 57.2 cm³/mol. The van der Waals surface area contributed by atoms with E-state index in [1.165, 1.54) is 28.2 Å². The monoisotopic (exact) mass is 223 g/mol. The zero-order valence-electron chi connectivity index (χ0n) is 8.08. The summed E-state index contributed by atoms with van der Waals surface area (Å²) in [7, 11) is 1.61. The van der Waals surface area contributed by atoms with Gasteiger partial charge in [-0.1, -0.05) is 0 Å². The van der Waals surface area contributed by atoms with Gasteiger partial charge in [0.2, 0.25) is 0 Å². The molecule has 2 aromatic heterocycles. The summed E-state index contributed by atoms with van der Waals surface area (Å²) in [5, 5.41) is 1.82. The highest BCUT2D eigenvalue weighted by Gasteiger charge is 2.04. The van der Waals surface area contributed by atoms with E-state index in [2.05, 4.69) is 4.98 Å². The molecule has 6 heteroatoms. The Morgan fingerprint density at radius 1 is 1.47 bits per heavy atom. The van der Waals surface area contributed by atoms with Gasteiger partial charge in [-0.25, -0.2) is 9.78 Å². The quantitative estimate of drug-likeness (QED) is 0.723. The van der Waals surface area contributed by atoms with Crippen molar-refractivity contribution in [3.63, 3.8) is 0 Å². The molecule has 78 valence electrons. The van der Waals surface area contributed by atoms with Crippen molar-refractivity contribution in [1.29, 1.82) is 0 Å². The number of hydrogen-bond acceptors (Lipinski definition) is 4. The highest BCUT2D eigenvalue weighted by molar-refractivity contribution is 7.07. The van der Waals surface area contributed by atoms with Gasteiger partial charge in [-0.2, -0.15) is 0 Å². The molecule has 0 aliphatic rings. The van der Waals surface area contributed by atoms with Crippen LogP contribution in [-0.2, 0) is 13.6 Å².